The van der Waals surface area contributed by atoms with Gasteiger partial charge in [-0.25, -0.2) is 4.98 Å². The summed E-state index contributed by atoms with van der Waals surface area (Å²) in [6, 6.07) is 5.92. The second kappa shape index (κ2) is 7.86. The molecular formula is C17H18F3N5S. The summed E-state index contributed by atoms with van der Waals surface area (Å²) >= 11 is 5.30. The average molecular weight is 381 g/mol. The van der Waals surface area contributed by atoms with Crippen molar-refractivity contribution < 1.29 is 13.2 Å². The fraction of sp³-hybridized carbons (Fsp3) is 0.353. The average Bonchev–Trinajstić information content (AvgIpc) is 2.62. The lowest BCUT2D eigenvalue weighted by molar-refractivity contribution is -0.137. The van der Waals surface area contributed by atoms with Gasteiger partial charge in [-0.2, -0.15) is 13.2 Å². The predicted molar refractivity (Wildman–Crippen MR) is 98.1 cm³/mol. The molecule has 3 heterocycles. The van der Waals surface area contributed by atoms with Gasteiger partial charge < -0.3 is 15.5 Å². The molecule has 2 N–H and O–H groups in total. The van der Waals surface area contributed by atoms with E-state index in [1.165, 1.54) is 6.20 Å². The van der Waals surface area contributed by atoms with Crippen LogP contribution >= 0.6 is 12.2 Å². The minimum absolute atomic E-state index is 0.161. The summed E-state index contributed by atoms with van der Waals surface area (Å²) in [4.78, 5) is 9.95. The number of rotatable bonds is 3. The van der Waals surface area contributed by atoms with Crippen LogP contribution in [0.2, 0.25) is 0 Å². The third-order valence-electron chi connectivity index (χ3n) is 4.15. The van der Waals surface area contributed by atoms with E-state index in [4.69, 9.17) is 12.2 Å². The number of aromatic nitrogens is 2. The van der Waals surface area contributed by atoms with Crippen LogP contribution in [0.1, 0.15) is 18.4 Å². The molecule has 0 unspecified atom stereocenters. The van der Waals surface area contributed by atoms with Crippen molar-refractivity contribution in [1.29, 1.82) is 0 Å². The van der Waals surface area contributed by atoms with E-state index < -0.39 is 11.7 Å². The number of halogens is 3. The van der Waals surface area contributed by atoms with Gasteiger partial charge in [0.05, 0.1) is 17.4 Å². The molecule has 138 valence electrons. The van der Waals surface area contributed by atoms with Crippen molar-refractivity contribution in [3.63, 3.8) is 0 Å². The summed E-state index contributed by atoms with van der Waals surface area (Å²) in [7, 11) is 0. The Hall–Kier alpha value is -2.42. The quantitative estimate of drug-likeness (QED) is 0.795. The first-order valence-corrected chi connectivity index (χ1v) is 8.58. The van der Waals surface area contributed by atoms with Crippen molar-refractivity contribution in [3.05, 3.63) is 48.4 Å². The lowest BCUT2D eigenvalue weighted by Crippen LogP contribution is -2.46. The summed E-state index contributed by atoms with van der Waals surface area (Å²) in [6.45, 7) is 1.23. The van der Waals surface area contributed by atoms with Crippen LogP contribution in [0.15, 0.2) is 42.9 Å². The van der Waals surface area contributed by atoms with Gasteiger partial charge in [0.25, 0.3) is 0 Å². The van der Waals surface area contributed by atoms with Gasteiger partial charge in [0.1, 0.15) is 5.82 Å². The van der Waals surface area contributed by atoms with Crippen LogP contribution in [0, 0.1) is 0 Å². The van der Waals surface area contributed by atoms with Crippen LogP contribution in [0.4, 0.5) is 24.7 Å². The van der Waals surface area contributed by atoms with Crippen LogP contribution in [-0.4, -0.2) is 34.2 Å². The van der Waals surface area contributed by atoms with Gasteiger partial charge in [-0.05, 0) is 49.3 Å². The Balaban J connectivity index is 1.52. The zero-order valence-electron chi connectivity index (χ0n) is 13.8. The highest BCUT2D eigenvalue weighted by Crippen LogP contribution is 2.31. The molecule has 0 amide bonds. The van der Waals surface area contributed by atoms with Crippen molar-refractivity contribution >= 4 is 28.8 Å². The number of nitrogens with zero attached hydrogens (tertiary/aromatic N) is 3. The number of anilines is 2. The van der Waals surface area contributed by atoms with E-state index >= 15 is 0 Å². The van der Waals surface area contributed by atoms with Gasteiger partial charge in [0.2, 0.25) is 0 Å². The summed E-state index contributed by atoms with van der Waals surface area (Å²) in [5.74, 6) is 0.356. The highest BCUT2D eigenvalue weighted by Gasteiger charge is 2.31. The van der Waals surface area contributed by atoms with Crippen LogP contribution in [0.3, 0.4) is 0 Å². The topological polar surface area (TPSA) is 53.1 Å². The van der Waals surface area contributed by atoms with Gasteiger partial charge in [-0.3, -0.25) is 4.98 Å². The number of pyridine rings is 2. The first-order valence-electron chi connectivity index (χ1n) is 8.17. The molecule has 0 aromatic carbocycles. The van der Waals surface area contributed by atoms with Crippen LogP contribution < -0.4 is 15.5 Å². The number of thiocarbonyl (C=S) groups is 1. The summed E-state index contributed by atoms with van der Waals surface area (Å²) in [6.07, 6.45) is 1.71. The minimum Gasteiger partial charge on any atom is -0.360 e. The van der Waals surface area contributed by atoms with E-state index in [9.17, 15) is 13.2 Å². The maximum Gasteiger partial charge on any atom is 0.416 e. The molecule has 0 saturated carbocycles. The lowest BCUT2D eigenvalue weighted by atomic mass is 10.1. The van der Waals surface area contributed by atoms with Gasteiger partial charge in [0, 0.05) is 31.5 Å². The molecule has 5 nitrogen and oxygen atoms in total. The maximum atomic E-state index is 12.8. The Bertz CT molecular complexity index is 746. The van der Waals surface area contributed by atoms with Crippen LogP contribution in [0.25, 0.3) is 0 Å². The van der Waals surface area contributed by atoms with Crippen molar-refractivity contribution in [2.75, 3.05) is 23.3 Å². The Morgan fingerprint density at radius 2 is 1.96 bits per heavy atom. The predicted octanol–water partition coefficient (Wildman–Crippen LogP) is 3.45. The van der Waals surface area contributed by atoms with E-state index in [1.807, 2.05) is 17.0 Å². The number of piperidine rings is 1. The Morgan fingerprint density at radius 1 is 1.19 bits per heavy atom. The van der Waals surface area contributed by atoms with E-state index in [1.54, 1.807) is 12.4 Å². The minimum atomic E-state index is -4.36. The normalized spacial score (nSPS) is 15.6. The second-order valence-corrected chi connectivity index (χ2v) is 6.41. The number of alkyl halides is 3. The first-order chi connectivity index (χ1) is 12.4. The second-order valence-electron chi connectivity index (χ2n) is 6.00. The van der Waals surface area contributed by atoms with E-state index in [0.29, 0.717) is 24.0 Å². The molecule has 1 saturated heterocycles. The molecule has 0 aliphatic carbocycles. The monoisotopic (exact) mass is 381 g/mol. The zero-order valence-corrected chi connectivity index (χ0v) is 14.6. The molecular weight excluding hydrogens is 363 g/mol. The molecule has 3 rings (SSSR count). The lowest BCUT2D eigenvalue weighted by Gasteiger charge is -2.33. The van der Waals surface area contributed by atoms with E-state index in [0.717, 1.165) is 30.7 Å². The highest BCUT2D eigenvalue weighted by molar-refractivity contribution is 7.80. The molecule has 0 spiro atoms. The SMILES string of the molecule is FC(F)(F)c1ccnc(N2CCC(NC(=S)Nc3cccnc3)CC2)c1. The molecule has 26 heavy (non-hydrogen) atoms. The number of nitrogens with one attached hydrogen (secondary N) is 2. The van der Waals surface area contributed by atoms with Crippen molar-refractivity contribution in [1.82, 2.24) is 15.3 Å². The van der Waals surface area contributed by atoms with Gasteiger partial charge >= 0.3 is 6.18 Å². The summed E-state index contributed by atoms with van der Waals surface area (Å²) in [5, 5.41) is 6.81. The number of hydrogen-bond donors (Lipinski definition) is 2. The van der Waals surface area contributed by atoms with Gasteiger partial charge in [-0.15, -0.1) is 0 Å². The van der Waals surface area contributed by atoms with E-state index in [-0.39, 0.29) is 6.04 Å². The molecule has 0 bridgehead atoms. The zero-order chi connectivity index (χ0) is 18.6. The fourth-order valence-corrected chi connectivity index (χ4v) is 3.09. The standard InChI is InChI=1S/C17H18F3N5S/c18-17(19,20)12-3-7-22-15(10-12)25-8-4-13(5-9-25)23-16(26)24-14-2-1-6-21-11-14/h1-3,6-7,10-11,13H,4-5,8-9H2,(H2,23,24,26). The Labute approximate surface area is 154 Å². The molecule has 0 radical (unpaired) electrons. The van der Waals surface area contributed by atoms with Crippen molar-refractivity contribution in [2.45, 2.75) is 25.1 Å². The van der Waals surface area contributed by atoms with Gasteiger partial charge in [0.15, 0.2) is 5.11 Å². The van der Waals surface area contributed by atoms with Gasteiger partial charge in [-0.1, -0.05) is 0 Å². The Morgan fingerprint density at radius 3 is 2.62 bits per heavy atom. The third-order valence-corrected chi connectivity index (χ3v) is 4.37. The molecule has 9 heteroatoms. The first kappa shape index (κ1) is 18.4. The van der Waals surface area contributed by atoms with Crippen molar-refractivity contribution in [3.8, 4) is 0 Å². The molecule has 0 atom stereocenters. The van der Waals surface area contributed by atoms with Crippen LogP contribution in [0.5, 0.6) is 0 Å². The molecule has 1 fully saturated rings. The fourth-order valence-electron chi connectivity index (χ4n) is 2.81. The van der Waals surface area contributed by atoms with Crippen molar-refractivity contribution in [2.24, 2.45) is 0 Å². The summed E-state index contributed by atoms with van der Waals surface area (Å²) in [5.41, 5.74) is 0.125. The Kier molecular flexibility index (Phi) is 5.55. The maximum absolute atomic E-state index is 12.8. The molecule has 1 aliphatic rings. The largest absolute Gasteiger partial charge is 0.416 e. The highest BCUT2D eigenvalue weighted by atomic mass is 32.1. The number of hydrogen-bond acceptors (Lipinski definition) is 4. The molecule has 2 aromatic heterocycles. The molecule has 1 aliphatic heterocycles. The van der Waals surface area contributed by atoms with Crippen LogP contribution in [-0.2, 0) is 6.18 Å². The summed E-state index contributed by atoms with van der Waals surface area (Å²) < 4.78 is 38.5. The molecule has 2 aromatic rings. The van der Waals surface area contributed by atoms with E-state index in [2.05, 4.69) is 20.6 Å². The smallest absolute Gasteiger partial charge is 0.360 e. The third kappa shape index (κ3) is 4.81.